The summed E-state index contributed by atoms with van der Waals surface area (Å²) in [6.45, 7) is -0.744. The number of nitrogens with one attached hydrogen (secondary N) is 2. The number of hydrogen-bond donors (Lipinski definition) is 4. The average molecular weight is 447 g/mol. The van der Waals surface area contributed by atoms with E-state index in [4.69, 9.17) is 15.1 Å². The lowest BCUT2D eigenvalue weighted by atomic mass is 10.2. The number of nitrogens with zero attached hydrogens (tertiary/aromatic N) is 1. The Labute approximate surface area is 151 Å². The van der Waals surface area contributed by atoms with E-state index in [2.05, 4.69) is 15.8 Å². The fourth-order valence-electron chi connectivity index (χ4n) is 1.74. The van der Waals surface area contributed by atoms with Crippen molar-refractivity contribution in [1.82, 2.24) is 10.5 Å². The minimum Gasteiger partial charge on any atom is -0.394 e. The van der Waals surface area contributed by atoms with Gasteiger partial charge < -0.3 is 15.5 Å². The van der Waals surface area contributed by atoms with Crippen molar-refractivity contribution in [3.05, 3.63) is 51.6 Å². The van der Waals surface area contributed by atoms with Crippen LogP contribution in [0, 0.1) is 9.39 Å². The molecule has 1 aromatic carbocycles. The Morgan fingerprint density at radius 3 is 2.88 bits per heavy atom. The van der Waals surface area contributed by atoms with E-state index < -0.39 is 24.4 Å². The van der Waals surface area contributed by atoms with Gasteiger partial charge >= 0.3 is 0 Å². The van der Waals surface area contributed by atoms with Gasteiger partial charge in [-0.1, -0.05) is 0 Å². The molecular formula is C15H15FIN3O4. The molecule has 128 valence electrons. The van der Waals surface area contributed by atoms with Gasteiger partial charge in [0.2, 0.25) is 0 Å². The van der Waals surface area contributed by atoms with Crippen molar-refractivity contribution >= 4 is 39.9 Å². The Balaban J connectivity index is 2.10. The molecule has 0 aliphatic heterocycles. The highest BCUT2D eigenvalue weighted by Gasteiger charge is 2.14. The summed E-state index contributed by atoms with van der Waals surface area (Å²) in [6.07, 6.45) is 1.70. The number of halogens is 2. The molecule has 1 amide bonds. The van der Waals surface area contributed by atoms with Gasteiger partial charge in [0.1, 0.15) is 18.5 Å². The van der Waals surface area contributed by atoms with Gasteiger partial charge in [0.25, 0.3) is 5.91 Å². The predicted octanol–water partition coefficient (Wildman–Crippen LogP) is 1.58. The molecular weight excluding hydrogens is 432 g/mol. The largest absolute Gasteiger partial charge is 0.394 e. The molecule has 7 nitrogen and oxygen atoms in total. The molecule has 1 unspecified atom stereocenters. The van der Waals surface area contributed by atoms with Gasteiger partial charge in [-0.3, -0.25) is 14.6 Å². The number of aliphatic hydroxyl groups excluding tert-OH is 2. The summed E-state index contributed by atoms with van der Waals surface area (Å²) in [6, 6.07) is 6.08. The lowest BCUT2D eigenvalue weighted by Crippen LogP contribution is -2.30. The summed E-state index contributed by atoms with van der Waals surface area (Å²) in [5, 5.41) is 20.6. The van der Waals surface area contributed by atoms with Crippen molar-refractivity contribution in [1.29, 1.82) is 0 Å². The third-order valence-electron chi connectivity index (χ3n) is 2.92. The highest BCUT2D eigenvalue weighted by atomic mass is 127. The Kier molecular flexibility index (Phi) is 6.85. The van der Waals surface area contributed by atoms with Crippen LogP contribution in [0.4, 0.5) is 15.8 Å². The van der Waals surface area contributed by atoms with Gasteiger partial charge in [-0.2, -0.15) is 0 Å². The van der Waals surface area contributed by atoms with E-state index >= 15 is 0 Å². The van der Waals surface area contributed by atoms with Gasteiger partial charge in [-0.25, -0.2) is 9.87 Å². The topological polar surface area (TPSA) is 104 Å². The molecule has 0 saturated carbocycles. The van der Waals surface area contributed by atoms with E-state index in [1.54, 1.807) is 12.1 Å². The first-order chi connectivity index (χ1) is 11.5. The first kappa shape index (κ1) is 18.5. The van der Waals surface area contributed by atoms with Gasteiger partial charge in [-0.15, -0.1) is 0 Å². The monoisotopic (exact) mass is 447 g/mol. The van der Waals surface area contributed by atoms with Crippen molar-refractivity contribution in [2.75, 3.05) is 18.5 Å². The first-order valence-electron chi connectivity index (χ1n) is 6.88. The molecule has 0 aliphatic carbocycles. The fourth-order valence-corrected chi connectivity index (χ4v) is 2.19. The number of pyridine rings is 1. The molecule has 9 heteroatoms. The van der Waals surface area contributed by atoms with E-state index in [1.807, 2.05) is 22.6 Å². The van der Waals surface area contributed by atoms with Crippen LogP contribution >= 0.6 is 22.6 Å². The van der Waals surface area contributed by atoms with Crippen LogP contribution in [0.3, 0.4) is 0 Å². The number of benzene rings is 1. The molecule has 2 aromatic rings. The molecule has 1 aromatic heterocycles. The smallest absolute Gasteiger partial charge is 0.277 e. The molecule has 2 rings (SSSR count). The summed E-state index contributed by atoms with van der Waals surface area (Å²) in [7, 11) is 0. The highest BCUT2D eigenvalue weighted by molar-refractivity contribution is 14.1. The maximum Gasteiger partial charge on any atom is 0.277 e. The van der Waals surface area contributed by atoms with Crippen molar-refractivity contribution in [3.8, 4) is 0 Å². The Morgan fingerprint density at radius 1 is 1.38 bits per heavy atom. The number of rotatable bonds is 7. The second-order valence-corrected chi connectivity index (χ2v) is 5.99. The van der Waals surface area contributed by atoms with Crippen LogP contribution in [0.25, 0.3) is 0 Å². The Morgan fingerprint density at radius 2 is 2.17 bits per heavy atom. The van der Waals surface area contributed by atoms with Crippen LogP contribution in [0.15, 0.2) is 36.7 Å². The number of carbonyl (C=O) groups is 1. The molecule has 1 heterocycles. The molecule has 0 spiro atoms. The summed E-state index contributed by atoms with van der Waals surface area (Å²) in [4.78, 5) is 20.8. The van der Waals surface area contributed by atoms with Crippen molar-refractivity contribution in [2.24, 2.45) is 0 Å². The molecule has 1 atom stereocenters. The normalized spacial score (nSPS) is 11.8. The van der Waals surface area contributed by atoms with Gasteiger partial charge in [0, 0.05) is 9.77 Å². The highest BCUT2D eigenvalue weighted by Crippen LogP contribution is 2.23. The SMILES string of the molecule is O=C(NOCC(O)CO)c1ccncc1Nc1ccc(I)cc1F. The number of aliphatic hydroxyl groups is 2. The van der Waals surface area contributed by atoms with Crippen LogP contribution in [0.5, 0.6) is 0 Å². The van der Waals surface area contributed by atoms with Gasteiger partial charge in [-0.05, 0) is 46.9 Å². The quantitative estimate of drug-likeness (QED) is 0.380. The van der Waals surface area contributed by atoms with Crippen molar-refractivity contribution < 1.29 is 24.2 Å². The minimum absolute atomic E-state index is 0.182. The van der Waals surface area contributed by atoms with E-state index in [-0.39, 0.29) is 17.9 Å². The molecule has 0 aliphatic rings. The van der Waals surface area contributed by atoms with Gasteiger partial charge in [0.05, 0.1) is 29.7 Å². The molecule has 0 radical (unpaired) electrons. The van der Waals surface area contributed by atoms with Crippen LogP contribution in [0.1, 0.15) is 10.4 Å². The number of hydroxylamine groups is 1. The van der Waals surface area contributed by atoms with Crippen LogP contribution in [-0.2, 0) is 4.84 Å². The fraction of sp³-hybridized carbons (Fsp3) is 0.200. The van der Waals surface area contributed by atoms with Crippen LogP contribution < -0.4 is 10.8 Å². The van der Waals surface area contributed by atoms with Crippen molar-refractivity contribution in [3.63, 3.8) is 0 Å². The second-order valence-electron chi connectivity index (χ2n) is 4.75. The Bertz CT molecular complexity index is 717. The zero-order valence-electron chi connectivity index (χ0n) is 12.4. The standard InChI is InChI=1S/C15H15FIN3O4/c16-12-5-9(17)1-2-13(12)19-14-6-18-4-3-11(14)15(23)20-24-8-10(22)7-21/h1-6,10,19,21-22H,7-8H2,(H,20,23). The molecule has 4 N–H and O–H groups in total. The molecule has 0 saturated heterocycles. The van der Waals surface area contributed by atoms with E-state index in [1.165, 1.54) is 24.5 Å². The lowest BCUT2D eigenvalue weighted by Gasteiger charge is -2.13. The zero-order chi connectivity index (χ0) is 17.5. The number of amides is 1. The van der Waals surface area contributed by atoms with E-state index in [0.717, 1.165) is 3.57 Å². The van der Waals surface area contributed by atoms with Gasteiger partial charge in [0.15, 0.2) is 0 Å². The summed E-state index contributed by atoms with van der Waals surface area (Å²) in [5.74, 6) is -1.06. The Hall–Kier alpha value is -1.82. The molecule has 0 fully saturated rings. The van der Waals surface area contributed by atoms with Crippen LogP contribution in [0.2, 0.25) is 0 Å². The summed E-state index contributed by atoms with van der Waals surface area (Å²) < 4.78 is 14.7. The van der Waals surface area contributed by atoms with Crippen LogP contribution in [-0.4, -0.2) is 40.4 Å². The molecule has 24 heavy (non-hydrogen) atoms. The first-order valence-corrected chi connectivity index (χ1v) is 7.96. The maximum absolute atomic E-state index is 13.9. The van der Waals surface area contributed by atoms with E-state index in [9.17, 15) is 9.18 Å². The second kappa shape index (κ2) is 8.87. The third kappa shape index (κ3) is 5.09. The predicted molar refractivity (Wildman–Crippen MR) is 93.1 cm³/mol. The average Bonchev–Trinajstić information content (AvgIpc) is 2.57. The number of carbonyl (C=O) groups excluding carboxylic acids is 1. The summed E-state index contributed by atoms with van der Waals surface area (Å²) >= 11 is 1.99. The molecule has 0 bridgehead atoms. The third-order valence-corrected chi connectivity index (χ3v) is 3.59. The van der Waals surface area contributed by atoms with E-state index in [0.29, 0.717) is 5.69 Å². The number of aromatic nitrogens is 1. The minimum atomic E-state index is -1.10. The number of hydrogen-bond acceptors (Lipinski definition) is 6. The lowest BCUT2D eigenvalue weighted by molar-refractivity contribution is -0.0295. The van der Waals surface area contributed by atoms with Crippen molar-refractivity contribution in [2.45, 2.75) is 6.10 Å². The zero-order valence-corrected chi connectivity index (χ0v) is 14.5. The maximum atomic E-state index is 13.9. The summed E-state index contributed by atoms with van der Waals surface area (Å²) in [5.41, 5.74) is 2.82. The number of anilines is 2.